The number of carbonyl (C=O) groups excluding carboxylic acids is 1. The number of aromatic nitrogens is 1. The van der Waals surface area contributed by atoms with Gasteiger partial charge in [-0.2, -0.15) is 0 Å². The average Bonchev–Trinajstić information content (AvgIpc) is 3.03. The molecule has 0 spiro atoms. The predicted octanol–water partition coefficient (Wildman–Crippen LogP) is 4.22. The second-order valence-corrected chi connectivity index (χ2v) is 7.54. The molecule has 1 aliphatic heterocycles. The number of hydrogen-bond acceptors (Lipinski definition) is 5. The smallest absolute Gasteiger partial charge is 0.269 e. The summed E-state index contributed by atoms with van der Waals surface area (Å²) in [6.45, 7) is 6.38. The Labute approximate surface area is 160 Å². The molecule has 1 aliphatic rings. The van der Waals surface area contributed by atoms with Crippen LogP contribution in [0.15, 0.2) is 35.2 Å². The van der Waals surface area contributed by atoms with E-state index in [1.54, 1.807) is 17.0 Å². The van der Waals surface area contributed by atoms with E-state index in [0.717, 1.165) is 22.6 Å². The summed E-state index contributed by atoms with van der Waals surface area (Å²) in [5.74, 6) is -0.0670. The van der Waals surface area contributed by atoms with Gasteiger partial charge >= 0.3 is 0 Å². The van der Waals surface area contributed by atoms with E-state index in [9.17, 15) is 14.9 Å². The Hall–Kier alpha value is -2.45. The van der Waals surface area contributed by atoms with E-state index < -0.39 is 4.92 Å². The van der Waals surface area contributed by atoms with E-state index >= 15 is 0 Å². The Morgan fingerprint density at radius 2 is 1.92 bits per heavy atom. The summed E-state index contributed by atoms with van der Waals surface area (Å²) in [5.41, 5.74) is 3.76. The zero-order chi connectivity index (χ0) is 19.0. The zero-order valence-corrected chi connectivity index (χ0v) is 16.2. The van der Waals surface area contributed by atoms with Gasteiger partial charge in [0, 0.05) is 35.8 Å². The van der Waals surface area contributed by atoms with Gasteiger partial charge in [0.05, 0.1) is 9.83 Å². The molecule has 26 heavy (non-hydrogen) atoms. The molecule has 3 rings (SSSR count). The third-order valence-corrected chi connectivity index (χ3v) is 5.64. The molecule has 1 amide bonds. The van der Waals surface area contributed by atoms with Crippen LogP contribution in [0.3, 0.4) is 0 Å². The number of carbonyl (C=O) groups is 1. The Balaban J connectivity index is 1.99. The number of nitro benzene ring substituents is 1. The number of aryl methyl sites for hydroxylation is 1. The van der Waals surface area contributed by atoms with E-state index in [4.69, 9.17) is 12.2 Å². The van der Waals surface area contributed by atoms with Gasteiger partial charge in [0.15, 0.2) is 0 Å². The van der Waals surface area contributed by atoms with Crippen molar-refractivity contribution < 1.29 is 9.72 Å². The van der Waals surface area contributed by atoms with Crippen LogP contribution in [0, 0.1) is 24.0 Å². The number of amides is 1. The first-order valence-corrected chi connectivity index (χ1v) is 9.25. The minimum atomic E-state index is -0.416. The number of hydrogen-bond donors (Lipinski definition) is 0. The lowest BCUT2D eigenvalue weighted by molar-refractivity contribution is -0.384. The minimum Gasteiger partial charge on any atom is -0.318 e. The molecule has 1 aromatic heterocycles. The van der Waals surface area contributed by atoms with Gasteiger partial charge in [0.1, 0.15) is 4.32 Å². The molecule has 8 heteroatoms. The molecular formula is C18H17N3O3S2. The van der Waals surface area contributed by atoms with Crippen LogP contribution in [-0.2, 0) is 4.79 Å². The lowest BCUT2D eigenvalue weighted by Crippen LogP contribution is -2.27. The van der Waals surface area contributed by atoms with Crippen molar-refractivity contribution in [2.75, 3.05) is 6.54 Å². The van der Waals surface area contributed by atoms with Crippen LogP contribution in [0.5, 0.6) is 0 Å². The number of thiocarbonyl (C=S) groups is 1. The number of nitrogens with zero attached hydrogens (tertiary/aromatic N) is 3. The van der Waals surface area contributed by atoms with Gasteiger partial charge in [0.25, 0.3) is 11.6 Å². The van der Waals surface area contributed by atoms with E-state index in [1.807, 2.05) is 37.5 Å². The first kappa shape index (κ1) is 18.3. The number of non-ortho nitro benzene ring substituents is 1. The van der Waals surface area contributed by atoms with Gasteiger partial charge in [-0.15, -0.1) is 0 Å². The highest BCUT2D eigenvalue weighted by molar-refractivity contribution is 8.26. The Kier molecular flexibility index (Phi) is 4.97. The summed E-state index contributed by atoms with van der Waals surface area (Å²) >= 11 is 6.56. The van der Waals surface area contributed by atoms with Crippen molar-refractivity contribution in [3.8, 4) is 5.69 Å². The maximum Gasteiger partial charge on any atom is 0.269 e. The van der Waals surface area contributed by atoms with Crippen molar-refractivity contribution >= 4 is 46.0 Å². The van der Waals surface area contributed by atoms with E-state index in [-0.39, 0.29) is 11.6 Å². The van der Waals surface area contributed by atoms with Crippen LogP contribution in [0.4, 0.5) is 5.69 Å². The lowest BCUT2D eigenvalue weighted by atomic mass is 10.2. The van der Waals surface area contributed by atoms with Crippen molar-refractivity contribution in [3.05, 3.63) is 62.3 Å². The Bertz CT molecular complexity index is 945. The fourth-order valence-electron chi connectivity index (χ4n) is 2.97. The molecule has 0 aliphatic carbocycles. The molecule has 0 saturated carbocycles. The monoisotopic (exact) mass is 387 g/mol. The number of thioether (sulfide) groups is 1. The maximum absolute atomic E-state index is 12.4. The highest BCUT2D eigenvalue weighted by Gasteiger charge is 2.30. The third-order valence-electron chi connectivity index (χ3n) is 4.27. The van der Waals surface area contributed by atoms with Crippen LogP contribution in [-0.4, -0.2) is 31.2 Å². The number of benzene rings is 1. The van der Waals surface area contributed by atoms with Crippen molar-refractivity contribution in [1.29, 1.82) is 0 Å². The number of likely N-dealkylation sites (N-methyl/N-ethyl adjacent to an activating group) is 1. The molecule has 6 nitrogen and oxygen atoms in total. The van der Waals surface area contributed by atoms with Gasteiger partial charge in [-0.1, -0.05) is 24.0 Å². The highest BCUT2D eigenvalue weighted by atomic mass is 32.2. The van der Waals surface area contributed by atoms with E-state index in [2.05, 4.69) is 0 Å². The summed E-state index contributed by atoms with van der Waals surface area (Å²) in [6, 6.07) is 8.41. The molecule has 0 bridgehead atoms. The first-order chi connectivity index (χ1) is 12.3. The molecule has 1 saturated heterocycles. The van der Waals surface area contributed by atoms with Gasteiger partial charge in [0.2, 0.25) is 0 Å². The average molecular weight is 387 g/mol. The quantitative estimate of drug-likeness (QED) is 0.340. The molecule has 0 atom stereocenters. The minimum absolute atomic E-state index is 0.0553. The van der Waals surface area contributed by atoms with Crippen LogP contribution < -0.4 is 0 Å². The molecule has 1 aromatic carbocycles. The normalized spacial score (nSPS) is 16.0. The number of rotatable bonds is 4. The van der Waals surface area contributed by atoms with E-state index in [0.29, 0.717) is 15.8 Å². The van der Waals surface area contributed by atoms with Crippen LogP contribution in [0.1, 0.15) is 23.9 Å². The highest BCUT2D eigenvalue weighted by Crippen LogP contribution is 2.33. The molecule has 1 fully saturated rings. The lowest BCUT2D eigenvalue weighted by Gasteiger charge is -2.10. The van der Waals surface area contributed by atoms with Crippen molar-refractivity contribution in [3.63, 3.8) is 0 Å². The Morgan fingerprint density at radius 1 is 1.27 bits per heavy atom. The molecule has 0 N–H and O–H groups in total. The fourth-order valence-corrected chi connectivity index (χ4v) is 4.34. The molecule has 0 radical (unpaired) electrons. The van der Waals surface area contributed by atoms with Crippen LogP contribution >= 0.6 is 24.0 Å². The van der Waals surface area contributed by atoms with E-state index in [1.165, 1.54) is 23.9 Å². The maximum atomic E-state index is 12.4. The topological polar surface area (TPSA) is 68.4 Å². The van der Waals surface area contributed by atoms with Crippen LogP contribution in [0.2, 0.25) is 0 Å². The molecule has 2 aromatic rings. The summed E-state index contributed by atoms with van der Waals surface area (Å²) in [5, 5.41) is 10.8. The van der Waals surface area contributed by atoms with Crippen molar-refractivity contribution in [2.45, 2.75) is 20.8 Å². The summed E-state index contributed by atoms with van der Waals surface area (Å²) in [6.07, 6.45) is 1.86. The predicted molar refractivity (Wildman–Crippen MR) is 107 cm³/mol. The van der Waals surface area contributed by atoms with Gasteiger partial charge in [-0.3, -0.25) is 19.8 Å². The standard InChI is InChI=1S/C18H17N3O3S2/c1-4-19-17(22)16(26-18(19)25)10-13-9-11(2)20(12(13)3)14-5-7-15(8-6-14)21(23)24/h5-10H,4H2,1-3H3/b16-10+. The van der Waals surface area contributed by atoms with Crippen LogP contribution in [0.25, 0.3) is 11.8 Å². The summed E-state index contributed by atoms with van der Waals surface area (Å²) < 4.78 is 2.59. The first-order valence-electron chi connectivity index (χ1n) is 8.02. The molecular weight excluding hydrogens is 370 g/mol. The molecule has 2 heterocycles. The van der Waals surface area contributed by atoms with Gasteiger partial charge in [-0.05, 0) is 50.6 Å². The summed E-state index contributed by atoms with van der Waals surface area (Å²) in [7, 11) is 0. The van der Waals surface area contributed by atoms with Gasteiger partial charge < -0.3 is 4.57 Å². The SMILES string of the molecule is CCN1C(=O)/C(=C\c2cc(C)n(-c3ccc([N+](=O)[O-])cc3)c2C)SC1=S. The largest absolute Gasteiger partial charge is 0.318 e. The van der Waals surface area contributed by atoms with Gasteiger partial charge in [-0.25, -0.2) is 0 Å². The second kappa shape index (κ2) is 7.05. The molecule has 134 valence electrons. The summed E-state index contributed by atoms with van der Waals surface area (Å²) in [4.78, 5) is 25.0. The molecule has 0 unspecified atom stereocenters. The van der Waals surface area contributed by atoms with Crippen molar-refractivity contribution in [2.24, 2.45) is 0 Å². The fraction of sp³-hybridized carbons (Fsp3) is 0.222. The Morgan fingerprint density at radius 3 is 2.46 bits per heavy atom. The number of nitro groups is 1. The van der Waals surface area contributed by atoms with Crippen molar-refractivity contribution in [1.82, 2.24) is 9.47 Å². The second-order valence-electron chi connectivity index (χ2n) is 5.86. The zero-order valence-electron chi connectivity index (χ0n) is 14.6. The third kappa shape index (κ3) is 3.17.